The number of hydrogen-bond donors (Lipinski definition) is 1. The zero-order valence-corrected chi connectivity index (χ0v) is 13.0. The van der Waals surface area contributed by atoms with Crippen LogP contribution in [0, 0.1) is 33.5 Å². The van der Waals surface area contributed by atoms with Crippen molar-refractivity contribution in [1.82, 2.24) is 0 Å². The molecule has 3 atom stereocenters. The Hall–Kier alpha value is -1.93. The number of nitrogens with two attached hydrogens (primary N) is 1. The van der Waals surface area contributed by atoms with E-state index < -0.39 is 22.7 Å². The number of rotatable bonds is 1. The van der Waals surface area contributed by atoms with Gasteiger partial charge in [-0.2, -0.15) is 10.5 Å². The molecule has 7 heteroatoms. The molecule has 6 nitrogen and oxygen atoms in total. The number of nitrogens with zero attached hydrogens (tertiary/aromatic N) is 3. The molecule has 1 aromatic carbocycles. The van der Waals surface area contributed by atoms with E-state index in [0.29, 0.717) is 13.2 Å². The summed E-state index contributed by atoms with van der Waals surface area (Å²) in [6.07, 6.45) is 0. The summed E-state index contributed by atoms with van der Waals surface area (Å²) in [6, 6.07) is 12.0. The summed E-state index contributed by atoms with van der Waals surface area (Å²) in [7, 11) is 0. The van der Waals surface area contributed by atoms with Crippen molar-refractivity contribution in [2.24, 2.45) is 21.6 Å². The van der Waals surface area contributed by atoms with Crippen LogP contribution in [0.25, 0.3) is 0 Å². The molecule has 0 bridgehead atoms. The van der Waals surface area contributed by atoms with Crippen molar-refractivity contribution < 1.29 is 9.47 Å². The number of ether oxygens (including phenoxy) is 2. The van der Waals surface area contributed by atoms with Gasteiger partial charge in [-0.05, 0) is 11.6 Å². The van der Waals surface area contributed by atoms with E-state index >= 15 is 0 Å². The third-order valence-electron chi connectivity index (χ3n) is 4.82. The van der Waals surface area contributed by atoms with Gasteiger partial charge in [0, 0.05) is 10.4 Å². The van der Waals surface area contributed by atoms with Crippen LogP contribution in [0.4, 0.5) is 0 Å². The molecule has 0 unspecified atom stereocenters. The first kappa shape index (κ1) is 13.7. The highest BCUT2D eigenvalue weighted by atomic mass is 79.9. The van der Waals surface area contributed by atoms with Gasteiger partial charge in [0.15, 0.2) is 5.41 Å². The Labute approximate surface area is 135 Å². The van der Waals surface area contributed by atoms with Gasteiger partial charge in [0.25, 0.3) is 5.91 Å². The van der Waals surface area contributed by atoms with Crippen LogP contribution in [0.15, 0.2) is 33.7 Å². The Bertz CT molecular complexity index is 789. The molecule has 2 N–H and O–H groups in total. The number of halogens is 1. The molecule has 1 saturated carbocycles. The first-order valence-corrected chi connectivity index (χ1v) is 7.59. The van der Waals surface area contributed by atoms with E-state index in [4.69, 9.17) is 15.2 Å². The standard InChI is InChI=1S/C15H11BrN4O2/c16-10-4-2-1-3-9(10)11-13(7-17)12(19)20-15(14(11,13)8-18)21-5-6-22-15/h1-4,11H,5-6H2,(H2,19,20)/t11-,13-,14+/m0/s1. The minimum Gasteiger partial charge on any atom is -0.386 e. The zero-order valence-electron chi connectivity index (χ0n) is 11.4. The molecular weight excluding hydrogens is 348 g/mol. The highest BCUT2D eigenvalue weighted by Gasteiger charge is 2.94. The Morgan fingerprint density at radius 1 is 1.23 bits per heavy atom. The lowest BCUT2D eigenvalue weighted by Gasteiger charge is -2.25. The van der Waals surface area contributed by atoms with E-state index in [0.717, 1.165) is 10.0 Å². The van der Waals surface area contributed by atoms with Crippen LogP contribution in [-0.4, -0.2) is 25.0 Å². The van der Waals surface area contributed by atoms with Gasteiger partial charge in [-0.3, -0.25) is 0 Å². The third kappa shape index (κ3) is 1.17. The van der Waals surface area contributed by atoms with E-state index in [1.165, 1.54) is 0 Å². The molecule has 0 aromatic heterocycles. The van der Waals surface area contributed by atoms with Crippen molar-refractivity contribution in [3.63, 3.8) is 0 Å². The minimum atomic E-state index is -1.47. The normalized spacial score (nSPS) is 37.2. The first-order chi connectivity index (χ1) is 10.6. The second kappa shape index (κ2) is 4.08. The number of amidine groups is 1. The van der Waals surface area contributed by atoms with Crippen molar-refractivity contribution >= 4 is 21.8 Å². The lowest BCUT2D eigenvalue weighted by molar-refractivity contribution is -0.184. The molecule has 2 fully saturated rings. The third-order valence-corrected chi connectivity index (χ3v) is 5.54. The van der Waals surface area contributed by atoms with E-state index in [1.54, 1.807) is 0 Å². The molecule has 2 heterocycles. The molecule has 3 aliphatic rings. The number of fused-ring (bicyclic) bond motifs is 2. The molecule has 1 spiro atoms. The van der Waals surface area contributed by atoms with E-state index in [2.05, 4.69) is 33.1 Å². The molecule has 4 rings (SSSR count). The highest BCUT2D eigenvalue weighted by Crippen LogP contribution is 2.82. The monoisotopic (exact) mass is 358 g/mol. The number of benzene rings is 1. The number of nitriles is 2. The molecule has 1 saturated heterocycles. The van der Waals surface area contributed by atoms with Crippen molar-refractivity contribution in [2.45, 2.75) is 11.8 Å². The van der Waals surface area contributed by atoms with Crippen LogP contribution < -0.4 is 5.73 Å². The summed E-state index contributed by atoms with van der Waals surface area (Å²) in [6.45, 7) is 0.648. The molecule has 0 radical (unpaired) electrons. The Morgan fingerprint density at radius 3 is 2.50 bits per heavy atom. The smallest absolute Gasteiger partial charge is 0.293 e. The van der Waals surface area contributed by atoms with Gasteiger partial charge in [0.1, 0.15) is 11.3 Å². The lowest BCUT2D eigenvalue weighted by Crippen LogP contribution is -2.38. The van der Waals surface area contributed by atoms with Crippen LogP contribution in [0.5, 0.6) is 0 Å². The molecule has 1 aromatic rings. The molecule has 22 heavy (non-hydrogen) atoms. The van der Waals surface area contributed by atoms with Crippen LogP contribution in [0.3, 0.4) is 0 Å². The second-order valence-corrected chi connectivity index (χ2v) is 6.42. The van der Waals surface area contributed by atoms with E-state index in [-0.39, 0.29) is 5.84 Å². The SMILES string of the molecule is N#C[C@@]12[C@@H](c3ccccc3Br)[C@@]1(C#N)C(N)=NC21OCCO1. The van der Waals surface area contributed by atoms with Crippen molar-refractivity contribution in [2.75, 3.05) is 13.2 Å². The van der Waals surface area contributed by atoms with E-state index in [9.17, 15) is 10.5 Å². The number of hydrogen-bond acceptors (Lipinski definition) is 6. The quantitative estimate of drug-likeness (QED) is 0.821. The fourth-order valence-corrected chi connectivity index (χ4v) is 4.41. The maximum Gasteiger partial charge on any atom is 0.293 e. The summed E-state index contributed by atoms with van der Waals surface area (Å²) < 4.78 is 12.1. The van der Waals surface area contributed by atoms with Gasteiger partial charge < -0.3 is 15.2 Å². The van der Waals surface area contributed by atoms with Crippen molar-refractivity contribution in [3.8, 4) is 12.1 Å². The summed E-state index contributed by atoms with van der Waals surface area (Å²) in [4.78, 5) is 4.23. The maximum atomic E-state index is 9.92. The van der Waals surface area contributed by atoms with Crippen LogP contribution >= 0.6 is 15.9 Å². The minimum absolute atomic E-state index is 0.110. The molecule has 0 amide bonds. The molecule has 1 aliphatic carbocycles. The predicted molar refractivity (Wildman–Crippen MR) is 79.2 cm³/mol. The fraction of sp³-hybridized carbons (Fsp3) is 0.400. The van der Waals surface area contributed by atoms with Gasteiger partial charge in [-0.1, -0.05) is 34.1 Å². The highest BCUT2D eigenvalue weighted by molar-refractivity contribution is 9.10. The second-order valence-electron chi connectivity index (χ2n) is 5.57. The first-order valence-electron chi connectivity index (χ1n) is 6.80. The van der Waals surface area contributed by atoms with Gasteiger partial charge in [0.2, 0.25) is 0 Å². The van der Waals surface area contributed by atoms with Gasteiger partial charge >= 0.3 is 0 Å². The molecule has 2 aliphatic heterocycles. The zero-order chi connectivity index (χ0) is 15.6. The van der Waals surface area contributed by atoms with Crippen LogP contribution in [0.1, 0.15) is 11.5 Å². The summed E-state index contributed by atoms with van der Waals surface area (Å²) in [5.74, 6) is -1.80. The topological polar surface area (TPSA) is 104 Å². The van der Waals surface area contributed by atoms with Gasteiger partial charge in [-0.15, -0.1) is 0 Å². The summed E-state index contributed by atoms with van der Waals surface area (Å²) in [5, 5.41) is 19.7. The fourth-order valence-electron chi connectivity index (χ4n) is 3.89. The number of aliphatic imine (C=N–C) groups is 1. The molecular formula is C15H11BrN4O2. The maximum absolute atomic E-state index is 9.92. The summed E-state index contributed by atoms with van der Waals surface area (Å²) >= 11 is 3.49. The predicted octanol–water partition coefficient (Wildman–Crippen LogP) is 1.64. The average molecular weight is 359 g/mol. The van der Waals surface area contributed by atoms with Crippen molar-refractivity contribution in [1.29, 1.82) is 10.5 Å². The Kier molecular flexibility index (Phi) is 2.54. The van der Waals surface area contributed by atoms with Crippen LogP contribution in [0.2, 0.25) is 0 Å². The van der Waals surface area contributed by atoms with Crippen molar-refractivity contribution in [3.05, 3.63) is 34.3 Å². The Morgan fingerprint density at radius 2 is 1.91 bits per heavy atom. The lowest BCUT2D eigenvalue weighted by atomic mass is 9.94. The Balaban J connectivity index is 1.97. The summed E-state index contributed by atoms with van der Waals surface area (Å²) in [5.41, 5.74) is 4.43. The van der Waals surface area contributed by atoms with Gasteiger partial charge in [0.05, 0.1) is 25.4 Å². The average Bonchev–Trinajstić information content (AvgIpc) is 2.76. The van der Waals surface area contributed by atoms with E-state index in [1.807, 2.05) is 24.3 Å². The van der Waals surface area contributed by atoms with Crippen LogP contribution in [-0.2, 0) is 9.47 Å². The largest absolute Gasteiger partial charge is 0.386 e. The molecule has 110 valence electrons. The van der Waals surface area contributed by atoms with Gasteiger partial charge in [-0.25, -0.2) is 4.99 Å².